The van der Waals surface area contributed by atoms with Crippen molar-refractivity contribution in [3.05, 3.63) is 279 Å². The molecule has 328 valence electrons. The molecule has 0 amide bonds. The number of hydrogen-bond acceptors (Lipinski definition) is 1. The van der Waals surface area contributed by atoms with E-state index >= 15 is 0 Å². The first-order valence-electron chi connectivity index (χ1n) is 24.1. The van der Waals surface area contributed by atoms with Crippen molar-refractivity contribution in [3.63, 3.8) is 0 Å². The van der Waals surface area contributed by atoms with Gasteiger partial charge in [0.1, 0.15) is 0 Å². The highest BCUT2D eigenvalue weighted by molar-refractivity contribution is 6.12. The van der Waals surface area contributed by atoms with E-state index in [-0.39, 0.29) is 0 Å². The monoisotopic (exact) mass is 890 g/mol. The fourth-order valence-corrected chi connectivity index (χ4v) is 10.8. The van der Waals surface area contributed by atoms with Gasteiger partial charge >= 0.3 is 0 Å². The molecule has 0 radical (unpaired) electrons. The van der Waals surface area contributed by atoms with E-state index in [9.17, 15) is 0 Å². The lowest BCUT2D eigenvalue weighted by atomic mass is 9.90. The maximum atomic E-state index is 2.47. The Bertz CT molecular complexity index is 4030. The summed E-state index contributed by atoms with van der Waals surface area (Å²) in [6.45, 7) is 0. The predicted molar refractivity (Wildman–Crippen MR) is 298 cm³/mol. The summed E-state index contributed by atoms with van der Waals surface area (Å²) < 4.78 is 2.40. The summed E-state index contributed by atoms with van der Waals surface area (Å²) in [7, 11) is 0. The normalized spacial score (nSPS) is 11.4. The van der Waals surface area contributed by atoms with E-state index in [0.29, 0.717) is 0 Å². The third kappa shape index (κ3) is 7.13. The van der Waals surface area contributed by atoms with E-state index in [1.54, 1.807) is 0 Å². The number of nitrogens with zero attached hydrogens (tertiary/aromatic N) is 2. The zero-order chi connectivity index (χ0) is 46.4. The van der Waals surface area contributed by atoms with Gasteiger partial charge in [-0.15, -0.1) is 0 Å². The van der Waals surface area contributed by atoms with Crippen LogP contribution in [0.25, 0.3) is 105 Å². The SMILES string of the molecule is c1ccc(-c2cccc3cccc(-c4ccccc4N(c4ccc(-c5ccc(-c6cccc7ccccc67)cc5)cc4)c4ccccc4-c4ccc5c6ccccc6n(-c6ccccc6)c5c4)c23)cc1. The summed E-state index contributed by atoms with van der Waals surface area (Å²) in [4.78, 5) is 2.47. The van der Waals surface area contributed by atoms with Crippen molar-refractivity contribution in [2.24, 2.45) is 0 Å². The van der Waals surface area contributed by atoms with Gasteiger partial charge in [-0.25, -0.2) is 0 Å². The standard InChI is InChI=1S/C68H46N2/c1-3-18-50(19-4-1)59-31-16-22-52-23-17-32-63(68(52)59)61-29-11-14-35-66(61)69(55-43-40-48(41-44-55)47-36-38-51(39-37-47)57-30-15-21-49-20-7-8-26-56(49)57)64-33-12-9-27-58(64)53-42-45-62-60-28-10-13-34-65(60)70(67(62)46-53)54-24-5-2-6-25-54/h1-46H. The van der Waals surface area contributed by atoms with Gasteiger partial charge in [-0.1, -0.05) is 231 Å². The molecule has 0 fully saturated rings. The number of hydrogen-bond donors (Lipinski definition) is 0. The third-order valence-corrected chi connectivity index (χ3v) is 14.0. The molecule has 0 spiro atoms. The molecule has 0 aliphatic heterocycles. The van der Waals surface area contributed by atoms with Crippen LogP contribution in [0.15, 0.2) is 279 Å². The summed E-state index contributed by atoms with van der Waals surface area (Å²) in [5.74, 6) is 0. The van der Waals surface area contributed by atoms with Crippen molar-refractivity contribution < 1.29 is 0 Å². The van der Waals surface area contributed by atoms with Crippen LogP contribution in [0, 0.1) is 0 Å². The molecule has 0 bridgehead atoms. The van der Waals surface area contributed by atoms with Gasteiger partial charge in [-0.05, 0) is 115 Å². The maximum Gasteiger partial charge on any atom is 0.0547 e. The summed E-state index contributed by atoms with van der Waals surface area (Å²) in [6.07, 6.45) is 0. The number of para-hydroxylation sites is 4. The summed E-state index contributed by atoms with van der Waals surface area (Å²) in [5.41, 5.74) is 18.6. The first-order valence-corrected chi connectivity index (χ1v) is 24.1. The Balaban J connectivity index is 0.989. The summed E-state index contributed by atoms with van der Waals surface area (Å²) >= 11 is 0. The highest BCUT2D eigenvalue weighted by Gasteiger charge is 2.23. The molecule has 70 heavy (non-hydrogen) atoms. The first kappa shape index (κ1) is 41.0. The van der Waals surface area contributed by atoms with E-state index in [2.05, 4.69) is 289 Å². The molecule has 12 aromatic carbocycles. The van der Waals surface area contributed by atoms with Gasteiger partial charge in [0.25, 0.3) is 0 Å². The average molecular weight is 891 g/mol. The van der Waals surface area contributed by atoms with Crippen molar-refractivity contribution in [1.29, 1.82) is 0 Å². The molecule has 2 heteroatoms. The third-order valence-electron chi connectivity index (χ3n) is 14.0. The number of fused-ring (bicyclic) bond motifs is 5. The molecular weight excluding hydrogens is 845 g/mol. The fourth-order valence-electron chi connectivity index (χ4n) is 10.8. The van der Waals surface area contributed by atoms with Crippen molar-refractivity contribution in [1.82, 2.24) is 4.57 Å². The summed E-state index contributed by atoms with van der Waals surface area (Å²) in [6, 6.07) is 102. The zero-order valence-electron chi connectivity index (χ0n) is 38.5. The average Bonchev–Trinajstić information content (AvgIpc) is 3.77. The predicted octanol–water partition coefficient (Wildman–Crippen LogP) is 18.9. The molecule has 0 unspecified atom stereocenters. The van der Waals surface area contributed by atoms with Crippen LogP contribution in [-0.4, -0.2) is 4.57 Å². The van der Waals surface area contributed by atoms with Crippen LogP contribution in [0.1, 0.15) is 0 Å². The molecule has 0 saturated heterocycles. The van der Waals surface area contributed by atoms with Gasteiger partial charge in [0, 0.05) is 33.3 Å². The van der Waals surface area contributed by atoms with E-state index in [1.165, 1.54) is 76.7 Å². The maximum absolute atomic E-state index is 2.47. The fraction of sp³-hybridized carbons (Fsp3) is 0. The van der Waals surface area contributed by atoms with Gasteiger partial charge in [-0.3, -0.25) is 0 Å². The molecule has 1 heterocycles. The smallest absolute Gasteiger partial charge is 0.0547 e. The molecular formula is C68H46N2. The van der Waals surface area contributed by atoms with Crippen molar-refractivity contribution in [2.45, 2.75) is 0 Å². The van der Waals surface area contributed by atoms with Crippen LogP contribution in [0.5, 0.6) is 0 Å². The van der Waals surface area contributed by atoms with Crippen LogP contribution in [0.2, 0.25) is 0 Å². The van der Waals surface area contributed by atoms with E-state index in [4.69, 9.17) is 0 Å². The highest BCUT2D eigenvalue weighted by atomic mass is 15.1. The van der Waals surface area contributed by atoms with Gasteiger partial charge in [0.2, 0.25) is 0 Å². The topological polar surface area (TPSA) is 8.17 Å². The second-order valence-corrected chi connectivity index (χ2v) is 18.0. The molecule has 0 aliphatic carbocycles. The minimum atomic E-state index is 1.07. The molecule has 13 aromatic rings. The Morgan fingerprint density at radius 1 is 0.257 bits per heavy atom. The molecule has 13 rings (SSSR count). The molecule has 1 aromatic heterocycles. The van der Waals surface area contributed by atoms with Gasteiger partial charge in [0.05, 0.1) is 22.4 Å². The van der Waals surface area contributed by atoms with Crippen molar-refractivity contribution in [2.75, 3.05) is 4.90 Å². The van der Waals surface area contributed by atoms with Gasteiger partial charge in [-0.2, -0.15) is 0 Å². The molecule has 2 nitrogen and oxygen atoms in total. The Kier molecular flexibility index (Phi) is 10.2. The van der Waals surface area contributed by atoms with Crippen LogP contribution in [0.3, 0.4) is 0 Å². The molecule has 0 aliphatic rings. The number of benzene rings is 12. The first-order chi connectivity index (χ1) is 34.7. The second-order valence-electron chi connectivity index (χ2n) is 18.0. The molecule has 0 atom stereocenters. The van der Waals surface area contributed by atoms with E-state index < -0.39 is 0 Å². The summed E-state index contributed by atoms with van der Waals surface area (Å²) in [5, 5.41) is 7.43. The minimum absolute atomic E-state index is 1.07. The minimum Gasteiger partial charge on any atom is -0.309 e. The zero-order valence-corrected chi connectivity index (χ0v) is 38.5. The quantitative estimate of drug-likeness (QED) is 0.140. The lowest BCUT2D eigenvalue weighted by molar-refractivity contribution is 1.18. The molecule has 0 saturated carbocycles. The largest absolute Gasteiger partial charge is 0.309 e. The second kappa shape index (κ2) is 17.4. The van der Waals surface area contributed by atoms with Crippen LogP contribution in [-0.2, 0) is 0 Å². The van der Waals surface area contributed by atoms with Gasteiger partial charge < -0.3 is 9.47 Å². The van der Waals surface area contributed by atoms with E-state index in [0.717, 1.165) is 45.0 Å². The van der Waals surface area contributed by atoms with Crippen LogP contribution >= 0.6 is 0 Å². The van der Waals surface area contributed by atoms with Gasteiger partial charge in [0.15, 0.2) is 0 Å². The number of anilines is 3. The Morgan fingerprint density at radius 2 is 0.743 bits per heavy atom. The number of aromatic nitrogens is 1. The van der Waals surface area contributed by atoms with Crippen LogP contribution in [0.4, 0.5) is 17.1 Å². The Morgan fingerprint density at radius 3 is 1.50 bits per heavy atom. The van der Waals surface area contributed by atoms with Crippen molar-refractivity contribution >= 4 is 60.4 Å². The Hall–Kier alpha value is -9.24. The van der Waals surface area contributed by atoms with Crippen molar-refractivity contribution in [3.8, 4) is 61.3 Å². The lowest BCUT2D eigenvalue weighted by Gasteiger charge is -2.30. The van der Waals surface area contributed by atoms with Crippen LogP contribution < -0.4 is 4.90 Å². The lowest BCUT2D eigenvalue weighted by Crippen LogP contribution is -2.12. The van der Waals surface area contributed by atoms with E-state index in [1.807, 2.05) is 0 Å². The Labute approximate surface area is 408 Å². The number of rotatable bonds is 9. The molecule has 0 N–H and O–H groups in total. The highest BCUT2D eigenvalue weighted by Crippen LogP contribution is 2.48.